The highest BCUT2D eigenvalue weighted by atomic mass is 32.2. The Morgan fingerprint density at radius 2 is 1.94 bits per heavy atom. The molecule has 0 saturated carbocycles. The van der Waals surface area contributed by atoms with Crippen molar-refractivity contribution in [2.75, 3.05) is 11.1 Å². The van der Waals surface area contributed by atoms with Gasteiger partial charge in [0.15, 0.2) is 9.84 Å². The molecule has 0 aliphatic carbocycles. The lowest BCUT2D eigenvalue weighted by Crippen LogP contribution is -2.14. The number of sulfone groups is 1. The number of carbonyl (C=O) groups is 1. The van der Waals surface area contributed by atoms with Crippen LogP contribution in [0.25, 0.3) is 10.6 Å². The molecule has 33 heavy (non-hydrogen) atoms. The van der Waals surface area contributed by atoms with Crippen LogP contribution in [0.15, 0.2) is 89.8 Å². The highest BCUT2D eigenvalue weighted by molar-refractivity contribution is 7.91. The van der Waals surface area contributed by atoms with Gasteiger partial charge in [0.2, 0.25) is 0 Å². The molecule has 0 aliphatic rings. The fraction of sp³-hybridized carbons (Fsp3) is 0.120. The van der Waals surface area contributed by atoms with Crippen molar-refractivity contribution >= 4 is 32.8 Å². The molecule has 6 nitrogen and oxygen atoms in total. The fourth-order valence-corrected chi connectivity index (χ4v) is 5.20. The highest BCUT2D eigenvalue weighted by Gasteiger charge is 2.21. The van der Waals surface area contributed by atoms with Gasteiger partial charge in [-0.25, -0.2) is 8.42 Å². The summed E-state index contributed by atoms with van der Waals surface area (Å²) < 4.78 is 26.6. The third kappa shape index (κ3) is 5.13. The van der Waals surface area contributed by atoms with Gasteiger partial charge in [-0.3, -0.25) is 9.48 Å². The van der Waals surface area contributed by atoms with Crippen molar-refractivity contribution in [2.24, 2.45) is 0 Å². The van der Waals surface area contributed by atoms with Gasteiger partial charge in [0, 0.05) is 11.9 Å². The number of thiophene rings is 1. The molecule has 2 heterocycles. The molecule has 0 radical (unpaired) electrons. The van der Waals surface area contributed by atoms with E-state index in [0.29, 0.717) is 23.5 Å². The molecule has 1 N–H and O–H groups in total. The number of rotatable bonds is 8. The SMILES string of the molecule is C=CCS(=O)(=O)c1ccc(C)c(NC(=O)c2cn(Cc3ccccc3)nc2-c2cccs2)c1. The van der Waals surface area contributed by atoms with Crippen molar-refractivity contribution < 1.29 is 13.2 Å². The second kappa shape index (κ2) is 9.56. The van der Waals surface area contributed by atoms with Gasteiger partial charge in [0.25, 0.3) is 5.91 Å². The monoisotopic (exact) mass is 477 g/mol. The molecule has 0 aliphatic heterocycles. The molecule has 4 aromatic rings. The summed E-state index contributed by atoms with van der Waals surface area (Å²) in [5.74, 6) is -0.516. The number of aromatic nitrogens is 2. The molecule has 0 fully saturated rings. The third-order valence-corrected chi connectivity index (χ3v) is 7.63. The fourth-order valence-electron chi connectivity index (χ4n) is 3.40. The van der Waals surface area contributed by atoms with Crippen LogP contribution in [0.3, 0.4) is 0 Å². The minimum Gasteiger partial charge on any atom is -0.322 e. The number of amides is 1. The first-order valence-electron chi connectivity index (χ1n) is 10.3. The zero-order valence-electron chi connectivity index (χ0n) is 18.1. The zero-order chi connectivity index (χ0) is 23.4. The molecule has 8 heteroatoms. The summed E-state index contributed by atoms with van der Waals surface area (Å²) in [5, 5.41) is 9.49. The quantitative estimate of drug-likeness (QED) is 0.355. The summed E-state index contributed by atoms with van der Waals surface area (Å²) in [6, 6.07) is 18.4. The van der Waals surface area contributed by atoms with Crippen LogP contribution in [0.1, 0.15) is 21.5 Å². The maximum Gasteiger partial charge on any atom is 0.259 e. The van der Waals surface area contributed by atoms with Crippen molar-refractivity contribution in [2.45, 2.75) is 18.4 Å². The van der Waals surface area contributed by atoms with E-state index in [-0.39, 0.29) is 16.6 Å². The summed E-state index contributed by atoms with van der Waals surface area (Å²) in [6.07, 6.45) is 3.08. The van der Waals surface area contributed by atoms with Crippen molar-refractivity contribution in [3.63, 3.8) is 0 Å². The normalized spacial score (nSPS) is 11.3. The van der Waals surface area contributed by atoms with Crippen LogP contribution in [-0.4, -0.2) is 29.9 Å². The molecule has 0 bridgehead atoms. The molecule has 0 unspecified atom stereocenters. The van der Waals surface area contributed by atoms with Crippen molar-refractivity contribution in [1.82, 2.24) is 9.78 Å². The molecule has 0 saturated heterocycles. The number of nitrogens with zero attached hydrogens (tertiary/aromatic N) is 2. The van der Waals surface area contributed by atoms with Gasteiger partial charge in [-0.05, 0) is 41.6 Å². The third-order valence-electron chi connectivity index (χ3n) is 5.10. The second-order valence-corrected chi connectivity index (χ2v) is 10.5. The average Bonchev–Trinajstić information content (AvgIpc) is 3.46. The minimum atomic E-state index is -3.51. The van der Waals surface area contributed by atoms with Gasteiger partial charge >= 0.3 is 0 Å². The van der Waals surface area contributed by atoms with E-state index in [2.05, 4.69) is 17.0 Å². The van der Waals surface area contributed by atoms with Gasteiger partial charge in [-0.1, -0.05) is 48.5 Å². The Morgan fingerprint density at radius 3 is 2.64 bits per heavy atom. The van der Waals surface area contributed by atoms with Gasteiger partial charge < -0.3 is 5.32 Å². The largest absolute Gasteiger partial charge is 0.322 e. The Balaban J connectivity index is 1.67. The molecular formula is C25H23N3O3S2. The molecule has 0 spiro atoms. The molecule has 2 aromatic heterocycles. The first-order valence-corrected chi connectivity index (χ1v) is 12.8. The number of hydrogen-bond acceptors (Lipinski definition) is 5. The standard InChI is InChI=1S/C25H23N3O3S2/c1-3-14-33(30,31)20-12-11-18(2)22(15-20)26-25(29)21-17-28(16-19-8-5-4-6-9-19)27-24(21)23-10-7-13-32-23/h3-13,15,17H,1,14,16H2,2H3,(H,26,29). The van der Waals surface area contributed by atoms with Crippen LogP contribution in [0.5, 0.6) is 0 Å². The molecule has 0 atom stereocenters. The summed E-state index contributed by atoms with van der Waals surface area (Å²) in [6.45, 7) is 5.86. The van der Waals surface area contributed by atoms with Crippen LogP contribution in [0.4, 0.5) is 5.69 Å². The Bertz CT molecular complexity index is 1390. The Hall–Kier alpha value is -3.49. The number of aryl methyl sites for hydroxylation is 1. The van der Waals surface area contributed by atoms with E-state index in [1.165, 1.54) is 23.5 Å². The topological polar surface area (TPSA) is 81.1 Å². The number of anilines is 1. The number of carbonyl (C=O) groups excluding carboxylic acids is 1. The van der Waals surface area contributed by atoms with Gasteiger partial charge in [-0.15, -0.1) is 17.9 Å². The van der Waals surface area contributed by atoms with E-state index < -0.39 is 9.84 Å². The molecular weight excluding hydrogens is 454 g/mol. The number of benzene rings is 2. The van der Waals surface area contributed by atoms with Crippen molar-refractivity contribution in [3.8, 4) is 10.6 Å². The van der Waals surface area contributed by atoms with E-state index in [0.717, 1.165) is 16.0 Å². The van der Waals surface area contributed by atoms with E-state index in [1.54, 1.807) is 23.0 Å². The van der Waals surface area contributed by atoms with Crippen LogP contribution < -0.4 is 5.32 Å². The number of hydrogen-bond donors (Lipinski definition) is 1. The predicted molar refractivity (Wildman–Crippen MR) is 132 cm³/mol. The average molecular weight is 478 g/mol. The van der Waals surface area contributed by atoms with E-state index >= 15 is 0 Å². The van der Waals surface area contributed by atoms with Crippen LogP contribution >= 0.6 is 11.3 Å². The molecule has 168 valence electrons. The number of nitrogens with one attached hydrogen (secondary N) is 1. The predicted octanol–water partition coefficient (Wildman–Crippen LogP) is 5.18. The van der Waals surface area contributed by atoms with Crippen molar-refractivity contribution in [3.05, 3.63) is 102 Å². The lowest BCUT2D eigenvalue weighted by Gasteiger charge is -2.11. The summed E-state index contributed by atoms with van der Waals surface area (Å²) >= 11 is 1.50. The lowest BCUT2D eigenvalue weighted by molar-refractivity contribution is 0.102. The van der Waals surface area contributed by atoms with Crippen molar-refractivity contribution in [1.29, 1.82) is 0 Å². The van der Waals surface area contributed by atoms with E-state index in [9.17, 15) is 13.2 Å². The van der Waals surface area contributed by atoms with Crippen LogP contribution in [0.2, 0.25) is 0 Å². The molecule has 4 rings (SSSR count). The van der Waals surface area contributed by atoms with Crippen LogP contribution in [-0.2, 0) is 16.4 Å². The summed E-state index contributed by atoms with van der Waals surface area (Å²) in [5.41, 5.74) is 3.28. The van der Waals surface area contributed by atoms with Gasteiger partial charge in [0.1, 0.15) is 5.69 Å². The maximum atomic E-state index is 13.3. The molecule has 2 aromatic carbocycles. The second-order valence-electron chi connectivity index (χ2n) is 7.55. The first kappa shape index (κ1) is 22.7. The van der Waals surface area contributed by atoms with Gasteiger partial charge in [0.05, 0.1) is 27.6 Å². The Kier molecular flexibility index (Phi) is 6.57. The minimum absolute atomic E-state index is 0.140. The Labute approximate surface area is 197 Å². The zero-order valence-corrected chi connectivity index (χ0v) is 19.7. The maximum absolute atomic E-state index is 13.3. The highest BCUT2D eigenvalue weighted by Crippen LogP contribution is 2.29. The summed E-state index contributed by atoms with van der Waals surface area (Å²) in [4.78, 5) is 14.3. The van der Waals surface area contributed by atoms with Gasteiger partial charge in [-0.2, -0.15) is 5.10 Å². The first-order chi connectivity index (χ1) is 15.9. The Morgan fingerprint density at radius 1 is 1.15 bits per heavy atom. The lowest BCUT2D eigenvalue weighted by atomic mass is 10.1. The molecule has 1 amide bonds. The smallest absolute Gasteiger partial charge is 0.259 e. The van der Waals surface area contributed by atoms with Crippen LogP contribution in [0, 0.1) is 6.92 Å². The van der Waals surface area contributed by atoms with E-state index in [4.69, 9.17) is 0 Å². The summed E-state index contributed by atoms with van der Waals surface area (Å²) in [7, 11) is -3.51. The van der Waals surface area contributed by atoms with E-state index in [1.807, 2.05) is 54.8 Å².